The molecule has 0 bridgehead atoms. The Hall–Kier alpha value is -3.13. The molecule has 0 atom stereocenters. The van der Waals surface area contributed by atoms with E-state index in [2.05, 4.69) is 15.3 Å². The van der Waals surface area contributed by atoms with Gasteiger partial charge in [-0.1, -0.05) is 30.3 Å². The molecule has 0 amide bonds. The summed E-state index contributed by atoms with van der Waals surface area (Å²) in [5, 5.41) is 12.1. The molecule has 0 aliphatic heterocycles. The van der Waals surface area contributed by atoms with E-state index in [0.29, 0.717) is 29.9 Å². The quantitative estimate of drug-likeness (QED) is 0.500. The van der Waals surface area contributed by atoms with E-state index in [1.165, 1.54) is 6.07 Å². The van der Waals surface area contributed by atoms with Crippen molar-refractivity contribution in [1.82, 2.24) is 14.4 Å². The minimum Gasteiger partial charge on any atom is -0.396 e. The summed E-state index contributed by atoms with van der Waals surface area (Å²) in [4.78, 5) is 8.83. The average Bonchev–Trinajstić information content (AvgIpc) is 3.13. The maximum atomic E-state index is 13.2. The van der Waals surface area contributed by atoms with E-state index in [1.54, 1.807) is 10.6 Å². The van der Waals surface area contributed by atoms with Crippen LogP contribution >= 0.6 is 0 Å². The van der Waals surface area contributed by atoms with Gasteiger partial charge < -0.3 is 10.4 Å². The molecule has 0 radical (unpaired) electrons. The van der Waals surface area contributed by atoms with E-state index < -0.39 is 11.7 Å². The molecule has 0 spiro atoms. The molecule has 0 fully saturated rings. The highest BCUT2D eigenvalue weighted by Crippen LogP contribution is 2.33. The Balaban J connectivity index is 1.98. The lowest BCUT2D eigenvalue weighted by molar-refractivity contribution is -0.137. The molecular weight excluding hydrogens is 369 g/mol. The summed E-state index contributed by atoms with van der Waals surface area (Å²) in [5.41, 5.74) is 2.16. The van der Waals surface area contributed by atoms with Gasteiger partial charge in [0.05, 0.1) is 28.5 Å². The van der Waals surface area contributed by atoms with Gasteiger partial charge in [0.2, 0.25) is 0 Å². The third-order valence-electron chi connectivity index (χ3n) is 4.45. The fourth-order valence-electron chi connectivity index (χ4n) is 3.13. The van der Waals surface area contributed by atoms with Crippen LogP contribution in [0.15, 0.2) is 54.7 Å². The molecule has 0 saturated carbocycles. The summed E-state index contributed by atoms with van der Waals surface area (Å²) in [7, 11) is 0. The average molecular weight is 386 g/mol. The number of anilines is 1. The first-order valence-corrected chi connectivity index (χ1v) is 8.77. The normalized spacial score (nSPS) is 12.0. The van der Waals surface area contributed by atoms with Crippen molar-refractivity contribution in [3.63, 3.8) is 0 Å². The third kappa shape index (κ3) is 3.27. The molecule has 0 aliphatic rings. The first kappa shape index (κ1) is 18.2. The van der Waals surface area contributed by atoms with Crippen molar-refractivity contribution in [3.8, 4) is 11.3 Å². The highest BCUT2D eigenvalue weighted by atomic mass is 19.4. The highest BCUT2D eigenvalue weighted by Gasteiger charge is 2.31. The molecule has 2 heterocycles. The molecule has 4 aromatic rings. The summed E-state index contributed by atoms with van der Waals surface area (Å²) >= 11 is 0. The number of alkyl halides is 3. The SMILES string of the molecule is OCCCNc1nc2cc(C(F)(F)F)ccc2n2c(-c3ccccc3)cnc12. The van der Waals surface area contributed by atoms with Gasteiger partial charge in [-0.05, 0) is 24.6 Å². The molecule has 2 N–H and O–H groups in total. The number of fused-ring (bicyclic) bond motifs is 3. The van der Waals surface area contributed by atoms with Gasteiger partial charge in [-0.15, -0.1) is 0 Å². The highest BCUT2D eigenvalue weighted by molar-refractivity contribution is 5.86. The number of aromatic nitrogens is 3. The fraction of sp³-hybridized carbons (Fsp3) is 0.200. The maximum absolute atomic E-state index is 13.2. The molecule has 0 unspecified atom stereocenters. The maximum Gasteiger partial charge on any atom is 0.416 e. The van der Waals surface area contributed by atoms with Crippen molar-refractivity contribution in [3.05, 3.63) is 60.3 Å². The van der Waals surface area contributed by atoms with Crippen LogP contribution in [0.5, 0.6) is 0 Å². The predicted octanol–water partition coefficient (Wildman–Crippen LogP) is 4.36. The third-order valence-corrected chi connectivity index (χ3v) is 4.45. The van der Waals surface area contributed by atoms with E-state index >= 15 is 0 Å². The second-order valence-electron chi connectivity index (χ2n) is 6.33. The summed E-state index contributed by atoms with van der Waals surface area (Å²) in [5.74, 6) is 0.377. The standard InChI is InChI=1S/C20H17F3N4O/c21-20(22,23)14-7-8-16-15(11-14)26-18(24-9-4-10-28)19-25-12-17(27(16)19)13-5-2-1-3-6-13/h1-3,5-8,11-12,28H,4,9-10H2,(H,24,26). The number of hydrogen-bond donors (Lipinski definition) is 2. The lowest BCUT2D eigenvalue weighted by Gasteiger charge is -2.13. The largest absolute Gasteiger partial charge is 0.416 e. The molecule has 0 aliphatic carbocycles. The monoisotopic (exact) mass is 386 g/mol. The molecule has 144 valence electrons. The number of aliphatic hydroxyl groups is 1. The summed E-state index contributed by atoms with van der Waals surface area (Å²) in [6.45, 7) is 0.427. The summed E-state index contributed by atoms with van der Waals surface area (Å²) in [6.07, 6.45) is -2.28. The molecule has 8 heteroatoms. The van der Waals surface area contributed by atoms with Crippen LogP contribution in [0.2, 0.25) is 0 Å². The van der Waals surface area contributed by atoms with Crippen LogP contribution in [0, 0.1) is 0 Å². The van der Waals surface area contributed by atoms with Crippen LogP contribution in [0.3, 0.4) is 0 Å². The molecule has 4 rings (SSSR count). The summed E-state index contributed by atoms with van der Waals surface area (Å²) in [6, 6.07) is 13.0. The van der Waals surface area contributed by atoms with Crippen LogP contribution in [0.1, 0.15) is 12.0 Å². The molecule has 5 nitrogen and oxygen atoms in total. The predicted molar refractivity (Wildman–Crippen MR) is 101 cm³/mol. The molecule has 0 saturated heterocycles. The Labute approximate surface area is 158 Å². The Morgan fingerprint density at radius 1 is 1.07 bits per heavy atom. The number of imidazole rings is 1. The van der Waals surface area contributed by atoms with E-state index in [1.807, 2.05) is 30.3 Å². The fourth-order valence-corrected chi connectivity index (χ4v) is 3.13. The smallest absolute Gasteiger partial charge is 0.396 e. The van der Waals surface area contributed by atoms with Crippen molar-refractivity contribution in [2.75, 3.05) is 18.5 Å². The van der Waals surface area contributed by atoms with Gasteiger partial charge in [0.1, 0.15) is 0 Å². The molecule has 28 heavy (non-hydrogen) atoms. The van der Waals surface area contributed by atoms with E-state index in [-0.39, 0.29) is 12.1 Å². The number of rotatable bonds is 5. The Morgan fingerprint density at radius 2 is 1.86 bits per heavy atom. The Bertz CT molecular complexity index is 1120. The number of halogens is 3. The van der Waals surface area contributed by atoms with Gasteiger partial charge in [0.15, 0.2) is 11.5 Å². The van der Waals surface area contributed by atoms with Crippen LogP contribution in [-0.4, -0.2) is 32.6 Å². The first-order chi connectivity index (χ1) is 13.5. The van der Waals surface area contributed by atoms with Gasteiger partial charge in [-0.2, -0.15) is 13.2 Å². The number of aliphatic hydroxyl groups excluding tert-OH is 1. The molecule has 2 aromatic heterocycles. The van der Waals surface area contributed by atoms with Gasteiger partial charge in [0.25, 0.3) is 0 Å². The van der Waals surface area contributed by atoms with E-state index in [9.17, 15) is 13.2 Å². The summed E-state index contributed by atoms with van der Waals surface area (Å²) < 4.78 is 41.3. The van der Waals surface area contributed by atoms with Crippen molar-refractivity contribution >= 4 is 22.5 Å². The van der Waals surface area contributed by atoms with Gasteiger partial charge in [-0.25, -0.2) is 9.97 Å². The number of benzene rings is 2. The number of nitrogens with one attached hydrogen (secondary N) is 1. The van der Waals surface area contributed by atoms with Gasteiger partial charge >= 0.3 is 6.18 Å². The first-order valence-electron chi connectivity index (χ1n) is 8.77. The van der Waals surface area contributed by atoms with Crippen molar-refractivity contribution in [2.24, 2.45) is 0 Å². The zero-order valence-electron chi connectivity index (χ0n) is 14.7. The van der Waals surface area contributed by atoms with Crippen molar-refractivity contribution < 1.29 is 18.3 Å². The minimum atomic E-state index is -4.45. The molecule has 2 aromatic carbocycles. The zero-order chi connectivity index (χ0) is 19.7. The zero-order valence-corrected chi connectivity index (χ0v) is 14.7. The van der Waals surface area contributed by atoms with Gasteiger partial charge in [-0.3, -0.25) is 4.40 Å². The van der Waals surface area contributed by atoms with Crippen LogP contribution in [0.4, 0.5) is 19.0 Å². The second kappa shape index (κ2) is 7.12. The van der Waals surface area contributed by atoms with Crippen LogP contribution in [0.25, 0.3) is 27.9 Å². The van der Waals surface area contributed by atoms with E-state index in [0.717, 1.165) is 23.4 Å². The topological polar surface area (TPSA) is 62.5 Å². The van der Waals surface area contributed by atoms with Crippen molar-refractivity contribution in [1.29, 1.82) is 0 Å². The Morgan fingerprint density at radius 3 is 2.57 bits per heavy atom. The van der Waals surface area contributed by atoms with Gasteiger partial charge in [0, 0.05) is 18.7 Å². The number of nitrogens with zero attached hydrogens (tertiary/aromatic N) is 3. The lowest BCUT2D eigenvalue weighted by Crippen LogP contribution is -2.09. The lowest BCUT2D eigenvalue weighted by atomic mass is 10.1. The molecular formula is C20H17F3N4O. The van der Waals surface area contributed by atoms with Crippen LogP contribution < -0.4 is 5.32 Å². The van der Waals surface area contributed by atoms with Crippen molar-refractivity contribution in [2.45, 2.75) is 12.6 Å². The minimum absolute atomic E-state index is 0.00120. The number of hydrogen-bond acceptors (Lipinski definition) is 4. The van der Waals surface area contributed by atoms with E-state index in [4.69, 9.17) is 5.11 Å². The van der Waals surface area contributed by atoms with Crippen LogP contribution in [-0.2, 0) is 6.18 Å². The Kier molecular flexibility index (Phi) is 4.64. The second-order valence-corrected chi connectivity index (χ2v) is 6.33.